The molecule has 0 saturated carbocycles. The van der Waals surface area contributed by atoms with Gasteiger partial charge in [-0.25, -0.2) is 0 Å². The first-order valence-electron chi connectivity index (χ1n) is 7.51. The fourth-order valence-electron chi connectivity index (χ4n) is 2.37. The van der Waals surface area contributed by atoms with Crippen molar-refractivity contribution in [1.82, 2.24) is 5.43 Å². The van der Waals surface area contributed by atoms with Crippen LogP contribution in [0.15, 0.2) is 65.8 Å². The van der Waals surface area contributed by atoms with Gasteiger partial charge < -0.3 is 10.4 Å². The van der Waals surface area contributed by atoms with Crippen molar-refractivity contribution in [3.8, 4) is 5.75 Å². The van der Waals surface area contributed by atoms with Crippen LogP contribution in [0.3, 0.4) is 0 Å². The van der Waals surface area contributed by atoms with Crippen molar-refractivity contribution < 1.29 is 5.11 Å². The van der Waals surface area contributed by atoms with Gasteiger partial charge in [0.05, 0.1) is 6.21 Å². The van der Waals surface area contributed by atoms with Crippen LogP contribution in [0.2, 0.25) is 0 Å². The van der Waals surface area contributed by atoms with Crippen LogP contribution in [0.25, 0.3) is 10.8 Å². The lowest BCUT2D eigenvalue weighted by Crippen LogP contribution is -2.23. The molecule has 0 spiro atoms. The second-order valence-corrected chi connectivity index (χ2v) is 5.82. The number of aromatic hydroxyl groups is 1. The van der Waals surface area contributed by atoms with E-state index in [0.717, 1.165) is 16.5 Å². The number of fused-ring (bicyclic) bond motifs is 1. The van der Waals surface area contributed by atoms with Crippen molar-refractivity contribution >= 4 is 40.0 Å². The first-order chi connectivity index (χ1) is 11.6. The molecule has 0 radical (unpaired) electrons. The zero-order valence-electron chi connectivity index (χ0n) is 13.2. The number of thiocarbonyl (C=S) groups is 1. The molecule has 0 aliphatic heterocycles. The minimum Gasteiger partial charge on any atom is -0.507 e. The van der Waals surface area contributed by atoms with Crippen LogP contribution in [0, 0.1) is 6.92 Å². The van der Waals surface area contributed by atoms with E-state index in [1.165, 1.54) is 5.56 Å². The molecule has 0 heterocycles. The van der Waals surface area contributed by atoms with Crippen LogP contribution in [-0.4, -0.2) is 16.4 Å². The van der Waals surface area contributed by atoms with E-state index in [4.69, 9.17) is 12.2 Å². The maximum atomic E-state index is 10.1. The number of hydrogen-bond acceptors (Lipinski definition) is 3. The van der Waals surface area contributed by atoms with E-state index in [-0.39, 0.29) is 5.75 Å². The Morgan fingerprint density at radius 2 is 1.79 bits per heavy atom. The predicted molar refractivity (Wildman–Crippen MR) is 104 cm³/mol. The van der Waals surface area contributed by atoms with Gasteiger partial charge in [-0.05, 0) is 48.1 Å². The summed E-state index contributed by atoms with van der Waals surface area (Å²) in [6.45, 7) is 2.03. The van der Waals surface area contributed by atoms with E-state index < -0.39 is 0 Å². The quantitative estimate of drug-likeness (QED) is 0.382. The van der Waals surface area contributed by atoms with E-state index in [9.17, 15) is 5.11 Å². The summed E-state index contributed by atoms with van der Waals surface area (Å²) in [4.78, 5) is 0. The zero-order valence-corrected chi connectivity index (χ0v) is 14.0. The van der Waals surface area contributed by atoms with E-state index in [0.29, 0.717) is 10.7 Å². The highest BCUT2D eigenvalue weighted by atomic mass is 32.1. The second-order valence-electron chi connectivity index (χ2n) is 5.41. The average molecular weight is 335 g/mol. The Morgan fingerprint density at radius 3 is 2.58 bits per heavy atom. The van der Waals surface area contributed by atoms with E-state index >= 15 is 0 Å². The zero-order chi connectivity index (χ0) is 16.9. The molecule has 3 aromatic carbocycles. The minimum atomic E-state index is 0.177. The molecule has 3 aromatic rings. The van der Waals surface area contributed by atoms with Crippen molar-refractivity contribution in [2.45, 2.75) is 6.92 Å². The fraction of sp³-hybridized carbons (Fsp3) is 0.0526. The predicted octanol–water partition coefficient (Wildman–Crippen LogP) is 4.17. The number of anilines is 1. The van der Waals surface area contributed by atoms with Gasteiger partial charge in [-0.3, -0.25) is 5.43 Å². The van der Waals surface area contributed by atoms with Crippen molar-refractivity contribution in [2.24, 2.45) is 5.10 Å². The number of phenolic OH excluding ortho intramolecular Hbond substituents is 1. The standard InChI is InChI=1S/C19H17N3OS/c1-13-6-9-15(10-7-13)21-19(24)22-20-12-17-16-5-3-2-4-14(16)8-11-18(17)23/h2-12,23H,1H3,(H2,21,22,24)/b20-12-. The van der Waals surface area contributed by atoms with E-state index in [1.54, 1.807) is 12.3 Å². The number of nitrogens with one attached hydrogen (secondary N) is 2. The molecule has 0 amide bonds. The molecule has 0 saturated heterocycles. The summed E-state index contributed by atoms with van der Waals surface area (Å²) in [6, 6.07) is 19.3. The fourth-order valence-corrected chi connectivity index (χ4v) is 2.54. The Bertz CT molecular complexity index is 904. The molecule has 120 valence electrons. The summed E-state index contributed by atoms with van der Waals surface area (Å²) in [6.07, 6.45) is 1.57. The normalized spacial score (nSPS) is 10.9. The molecule has 3 rings (SSSR count). The molecule has 0 unspecified atom stereocenters. The number of nitrogens with zero attached hydrogens (tertiary/aromatic N) is 1. The number of hydrogen-bond donors (Lipinski definition) is 3. The van der Waals surface area contributed by atoms with E-state index in [1.807, 2.05) is 61.5 Å². The van der Waals surface area contributed by atoms with Gasteiger partial charge in [-0.2, -0.15) is 5.10 Å². The third-order valence-corrected chi connectivity index (χ3v) is 3.81. The molecule has 0 bridgehead atoms. The molecule has 5 heteroatoms. The average Bonchev–Trinajstić information content (AvgIpc) is 2.59. The van der Waals surface area contributed by atoms with Crippen molar-refractivity contribution in [1.29, 1.82) is 0 Å². The van der Waals surface area contributed by atoms with Crippen LogP contribution in [0.5, 0.6) is 5.75 Å². The Morgan fingerprint density at radius 1 is 1.04 bits per heavy atom. The topological polar surface area (TPSA) is 56.7 Å². The SMILES string of the molecule is Cc1ccc(NC(=S)N/N=C\c2c(O)ccc3ccccc23)cc1. The van der Waals surface area contributed by atoms with Crippen molar-refractivity contribution in [2.75, 3.05) is 5.32 Å². The Kier molecular flexibility index (Phi) is 4.72. The molecular weight excluding hydrogens is 318 g/mol. The highest BCUT2D eigenvalue weighted by Crippen LogP contribution is 2.25. The maximum Gasteiger partial charge on any atom is 0.191 e. The van der Waals surface area contributed by atoms with Crippen LogP contribution in [0.1, 0.15) is 11.1 Å². The van der Waals surface area contributed by atoms with Gasteiger partial charge in [0.1, 0.15) is 5.75 Å². The number of phenols is 1. The summed E-state index contributed by atoms with van der Waals surface area (Å²) < 4.78 is 0. The number of aryl methyl sites for hydroxylation is 1. The molecule has 0 fully saturated rings. The Labute approximate surface area is 145 Å². The van der Waals surface area contributed by atoms with E-state index in [2.05, 4.69) is 15.8 Å². The number of rotatable bonds is 3. The lowest BCUT2D eigenvalue weighted by Gasteiger charge is -2.08. The van der Waals surface area contributed by atoms with Gasteiger partial charge in [-0.1, -0.05) is 48.0 Å². The highest BCUT2D eigenvalue weighted by molar-refractivity contribution is 7.80. The largest absolute Gasteiger partial charge is 0.507 e. The highest BCUT2D eigenvalue weighted by Gasteiger charge is 2.04. The first kappa shape index (κ1) is 16.0. The molecular formula is C19H17N3OS. The van der Waals surface area contributed by atoms with Gasteiger partial charge in [0, 0.05) is 11.3 Å². The lowest BCUT2D eigenvalue weighted by atomic mass is 10.0. The summed E-state index contributed by atoms with van der Waals surface area (Å²) >= 11 is 5.21. The van der Waals surface area contributed by atoms with Crippen LogP contribution < -0.4 is 10.7 Å². The summed E-state index contributed by atoms with van der Waals surface area (Å²) in [7, 11) is 0. The first-order valence-corrected chi connectivity index (χ1v) is 7.92. The van der Waals surface area contributed by atoms with Gasteiger partial charge >= 0.3 is 0 Å². The van der Waals surface area contributed by atoms with Gasteiger partial charge in [0.25, 0.3) is 0 Å². The van der Waals surface area contributed by atoms with Gasteiger partial charge in [0.15, 0.2) is 5.11 Å². The number of benzene rings is 3. The lowest BCUT2D eigenvalue weighted by molar-refractivity contribution is 0.475. The molecule has 0 aliphatic carbocycles. The summed E-state index contributed by atoms with van der Waals surface area (Å²) in [5, 5.41) is 19.6. The maximum absolute atomic E-state index is 10.1. The molecule has 24 heavy (non-hydrogen) atoms. The van der Waals surface area contributed by atoms with Crippen molar-refractivity contribution in [3.63, 3.8) is 0 Å². The molecule has 0 aliphatic rings. The molecule has 3 N–H and O–H groups in total. The van der Waals surface area contributed by atoms with Crippen LogP contribution in [0.4, 0.5) is 5.69 Å². The van der Waals surface area contributed by atoms with Gasteiger partial charge in [-0.15, -0.1) is 0 Å². The van der Waals surface area contributed by atoms with Crippen LogP contribution in [-0.2, 0) is 0 Å². The smallest absolute Gasteiger partial charge is 0.191 e. The number of hydrazone groups is 1. The molecule has 0 atom stereocenters. The van der Waals surface area contributed by atoms with Crippen molar-refractivity contribution in [3.05, 3.63) is 71.8 Å². The van der Waals surface area contributed by atoms with Gasteiger partial charge in [0.2, 0.25) is 0 Å². The Hall–Kier alpha value is -2.92. The third-order valence-electron chi connectivity index (χ3n) is 3.62. The third kappa shape index (κ3) is 3.70. The van der Waals surface area contributed by atoms with Crippen LogP contribution >= 0.6 is 12.2 Å². The summed E-state index contributed by atoms with van der Waals surface area (Å²) in [5.74, 6) is 0.177. The molecule has 0 aromatic heterocycles. The second kappa shape index (κ2) is 7.10. The summed E-state index contributed by atoms with van der Waals surface area (Å²) in [5.41, 5.74) is 5.49. The minimum absolute atomic E-state index is 0.177. The molecule has 4 nitrogen and oxygen atoms in total. The Balaban J connectivity index is 1.71. The monoisotopic (exact) mass is 335 g/mol.